The van der Waals surface area contributed by atoms with Gasteiger partial charge in [-0.25, -0.2) is 9.18 Å². The van der Waals surface area contributed by atoms with Gasteiger partial charge < -0.3 is 14.8 Å². The highest BCUT2D eigenvalue weighted by Crippen LogP contribution is 2.14. The normalized spacial score (nSPS) is 14.5. The number of carbonyl (C=O) groups excluding carboxylic acids is 2. The Morgan fingerprint density at radius 1 is 1.14 bits per heavy atom. The minimum atomic E-state index is -0.729. The zero-order chi connectivity index (χ0) is 19.9. The van der Waals surface area contributed by atoms with Crippen molar-refractivity contribution in [3.8, 4) is 0 Å². The number of carbonyl (C=O) groups is 2. The van der Waals surface area contributed by atoms with E-state index in [2.05, 4.69) is 10.2 Å². The lowest BCUT2D eigenvalue weighted by atomic mass is 10.1. The van der Waals surface area contributed by atoms with Crippen LogP contribution in [0.5, 0.6) is 0 Å². The molecule has 0 atom stereocenters. The van der Waals surface area contributed by atoms with Gasteiger partial charge in [0.25, 0.3) is 5.91 Å². The van der Waals surface area contributed by atoms with E-state index in [1.165, 1.54) is 12.1 Å². The summed E-state index contributed by atoms with van der Waals surface area (Å²) in [7, 11) is 0. The number of nitrogens with one attached hydrogen (secondary N) is 1. The van der Waals surface area contributed by atoms with Crippen LogP contribution in [-0.4, -0.2) is 49.7 Å². The molecule has 2 aromatic carbocycles. The number of morpholine rings is 1. The summed E-state index contributed by atoms with van der Waals surface area (Å²) in [4.78, 5) is 26.4. The highest BCUT2D eigenvalue weighted by molar-refractivity contribution is 5.96. The van der Waals surface area contributed by atoms with Gasteiger partial charge in [-0.1, -0.05) is 18.2 Å². The largest absolute Gasteiger partial charge is 0.452 e. The summed E-state index contributed by atoms with van der Waals surface area (Å²) in [5.41, 5.74) is 2.46. The molecule has 0 saturated carbocycles. The summed E-state index contributed by atoms with van der Waals surface area (Å²) < 4.78 is 23.6. The molecular weight excluding hydrogens is 363 g/mol. The van der Waals surface area contributed by atoms with E-state index in [-0.39, 0.29) is 5.56 Å². The molecule has 0 aliphatic carbocycles. The first-order valence-electron chi connectivity index (χ1n) is 9.13. The predicted octanol–water partition coefficient (Wildman–Crippen LogP) is 2.76. The summed E-state index contributed by atoms with van der Waals surface area (Å²) in [6.45, 7) is 5.40. The van der Waals surface area contributed by atoms with Crippen molar-refractivity contribution in [2.24, 2.45) is 0 Å². The maximum absolute atomic E-state index is 13.3. The van der Waals surface area contributed by atoms with Crippen molar-refractivity contribution in [3.63, 3.8) is 0 Å². The van der Waals surface area contributed by atoms with Gasteiger partial charge in [-0.15, -0.1) is 0 Å². The van der Waals surface area contributed by atoms with E-state index in [9.17, 15) is 14.0 Å². The smallest absolute Gasteiger partial charge is 0.339 e. The van der Waals surface area contributed by atoms with Gasteiger partial charge in [0.05, 0.1) is 18.8 Å². The third kappa shape index (κ3) is 5.61. The average Bonchev–Trinajstić information content (AvgIpc) is 2.70. The van der Waals surface area contributed by atoms with Gasteiger partial charge in [0, 0.05) is 25.3 Å². The van der Waals surface area contributed by atoms with Crippen LogP contribution in [-0.2, 0) is 20.8 Å². The molecule has 148 valence electrons. The number of halogens is 1. The molecule has 1 aliphatic rings. The topological polar surface area (TPSA) is 67.9 Å². The first kappa shape index (κ1) is 20.0. The molecule has 1 N–H and O–H groups in total. The molecule has 1 heterocycles. The van der Waals surface area contributed by atoms with Crippen LogP contribution in [0.1, 0.15) is 21.5 Å². The van der Waals surface area contributed by atoms with Crippen molar-refractivity contribution in [1.29, 1.82) is 0 Å². The number of esters is 1. The molecule has 1 amide bonds. The van der Waals surface area contributed by atoms with Crippen LogP contribution in [0.25, 0.3) is 0 Å². The van der Waals surface area contributed by atoms with E-state index in [1.807, 2.05) is 24.3 Å². The van der Waals surface area contributed by atoms with Gasteiger partial charge in [0.1, 0.15) is 5.82 Å². The Labute approximate surface area is 163 Å². The summed E-state index contributed by atoms with van der Waals surface area (Å²) in [5, 5.41) is 2.68. The monoisotopic (exact) mass is 386 g/mol. The lowest BCUT2D eigenvalue weighted by Crippen LogP contribution is -2.35. The molecule has 1 fully saturated rings. The van der Waals surface area contributed by atoms with Crippen molar-refractivity contribution in [2.75, 3.05) is 38.2 Å². The highest BCUT2D eigenvalue weighted by atomic mass is 19.1. The van der Waals surface area contributed by atoms with Crippen LogP contribution >= 0.6 is 0 Å². The molecule has 0 radical (unpaired) electrons. The molecule has 0 bridgehead atoms. The van der Waals surface area contributed by atoms with Gasteiger partial charge in [-0.2, -0.15) is 0 Å². The molecule has 3 rings (SSSR count). The number of hydrogen-bond donors (Lipinski definition) is 1. The molecule has 2 aromatic rings. The Morgan fingerprint density at radius 2 is 1.86 bits per heavy atom. The number of ether oxygens (including phenoxy) is 2. The summed E-state index contributed by atoms with van der Waals surface area (Å²) in [5.74, 6) is -1.71. The molecule has 6 nitrogen and oxygen atoms in total. The van der Waals surface area contributed by atoms with Crippen molar-refractivity contribution in [1.82, 2.24) is 4.90 Å². The fourth-order valence-electron chi connectivity index (χ4n) is 2.93. The first-order chi connectivity index (χ1) is 13.5. The zero-order valence-electron chi connectivity index (χ0n) is 15.7. The van der Waals surface area contributed by atoms with E-state index in [0.717, 1.165) is 44.5 Å². The highest BCUT2D eigenvalue weighted by Gasteiger charge is 2.14. The second kappa shape index (κ2) is 9.43. The minimum Gasteiger partial charge on any atom is -0.452 e. The van der Waals surface area contributed by atoms with E-state index in [4.69, 9.17) is 9.47 Å². The van der Waals surface area contributed by atoms with Crippen LogP contribution in [0.3, 0.4) is 0 Å². The second-order valence-corrected chi connectivity index (χ2v) is 6.67. The maximum Gasteiger partial charge on any atom is 0.339 e. The van der Waals surface area contributed by atoms with E-state index in [1.54, 1.807) is 6.92 Å². The molecule has 7 heteroatoms. The van der Waals surface area contributed by atoms with Crippen LogP contribution < -0.4 is 5.32 Å². The Balaban J connectivity index is 1.47. The fourth-order valence-corrected chi connectivity index (χ4v) is 2.93. The molecule has 0 aromatic heterocycles. The third-order valence-electron chi connectivity index (χ3n) is 4.50. The number of rotatable bonds is 6. The van der Waals surface area contributed by atoms with Crippen LogP contribution in [0.15, 0.2) is 42.5 Å². The van der Waals surface area contributed by atoms with E-state index < -0.39 is 24.3 Å². The van der Waals surface area contributed by atoms with E-state index in [0.29, 0.717) is 11.3 Å². The van der Waals surface area contributed by atoms with Crippen molar-refractivity contribution in [2.45, 2.75) is 13.5 Å². The molecular formula is C21H23FN2O4. The lowest BCUT2D eigenvalue weighted by molar-refractivity contribution is -0.119. The lowest BCUT2D eigenvalue weighted by Gasteiger charge is -2.26. The Kier molecular flexibility index (Phi) is 6.73. The number of benzene rings is 2. The second-order valence-electron chi connectivity index (χ2n) is 6.67. The van der Waals surface area contributed by atoms with E-state index >= 15 is 0 Å². The number of nitrogens with zero attached hydrogens (tertiary/aromatic N) is 1. The minimum absolute atomic E-state index is 0.111. The molecule has 1 saturated heterocycles. The molecule has 0 unspecified atom stereocenters. The van der Waals surface area contributed by atoms with Crippen molar-refractivity contribution in [3.05, 3.63) is 65.0 Å². The van der Waals surface area contributed by atoms with Crippen LogP contribution in [0.2, 0.25) is 0 Å². The van der Waals surface area contributed by atoms with Crippen LogP contribution in [0, 0.1) is 12.7 Å². The van der Waals surface area contributed by atoms with Gasteiger partial charge in [-0.3, -0.25) is 9.69 Å². The van der Waals surface area contributed by atoms with Gasteiger partial charge in [-0.05, 0) is 42.3 Å². The van der Waals surface area contributed by atoms with Gasteiger partial charge in [0.2, 0.25) is 0 Å². The SMILES string of the molecule is Cc1ccc(F)cc1C(=O)OCC(=O)Nc1ccc(CN2CCOCC2)cc1. The molecule has 1 aliphatic heterocycles. The predicted molar refractivity (Wildman–Crippen MR) is 103 cm³/mol. The Morgan fingerprint density at radius 3 is 2.57 bits per heavy atom. The van der Waals surface area contributed by atoms with Crippen LogP contribution in [0.4, 0.5) is 10.1 Å². The zero-order valence-corrected chi connectivity index (χ0v) is 15.7. The molecule has 0 spiro atoms. The van der Waals surface area contributed by atoms with Gasteiger partial charge in [0.15, 0.2) is 6.61 Å². The van der Waals surface area contributed by atoms with Crippen molar-refractivity contribution >= 4 is 17.6 Å². The van der Waals surface area contributed by atoms with Crippen molar-refractivity contribution < 1.29 is 23.5 Å². The summed E-state index contributed by atoms with van der Waals surface area (Å²) in [6.07, 6.45) is 0. The quantitative estimate of drug-likeness (QED) is 0.774. The number of amides is 1. The third-order valence-corrected chi connectivity index (χ3v) is 4.50. The standard InChI is InChI=1S/C21H23FN2O4/c1-15-2-5-17(22)12-19(15)21(26)28-14-20(25)23-18-6-3-16(4-7-18)13-24-8-10-27-11-9-24/h2-7,12H,8-11,13-14H2,1H3,(H,23,25). The summed E-state index contributed by atoms with van der Waals surface area (Å²) >= 11 is 0. The number of anilines is 1. The summed E-state index contributed by atoms with van der Waals surface area (Å²) in [6, 6.07) is 11.4. The fraction of sp³-hybridized carbons (Fsp3) is 0.333. The number of aryl methyl sites for hydroxylation is 1. The Bertz CT molecular complexity index is 833. The molecule has 28 heavy (non-hydrogen) atoms. The maximum atomic E-state index is 13.3. The Hall–Kier alpha value is -2.77. The average molecular weight is 386 g/mol. The first-order valence-corrected chi connectivity index (χ1v) is 9.13. The number of hydrogen-bond acceptors (Lipinski definition) is 5. The van der Waals surface area contributed by atoms with Gasteiger partial charge >= 0.3 is 5.97 Å².